The Hall–Kier alpha value is -2.06. The molecule has 2 N–H and O–H groups in total. The van der Waals surface area contributed by atoms with Crippen molar-refractivity contribution in [2.45, 2.75) is 0 Å². The van der Waals surface area contributed by atoms with Crippen molar-refractivity contribution in [3.63, 3.8) is 0 Å². The van der Waals surface area contributed by atoms with E-state index in [4.69, 9.17) is 28.3 Å². The van der Waals surface area contributed by atoms with Gasteiger partial charge >= 0.3 is 0 Å². The van der Waals surface area contributed by atoms with Crippen LogP contribution in [0.25, 0.3) is 0 Å². The normalized spacial score (nSPS) is 9.67. The number of benzene rings is 1. The van der Waals surface area contributed by atoms with Crippen LogP contribution in [-0.4, -0.2) is 22.6 Å². The highest BCUT2D eigenvalue weighted by Gasteiger charge is 2.12. The van der Waals surface area contributed by atoms with Gasteiger partial charge in [-0.2, -0.15) is 0 Å². The van der Waals surface area contributed by atoms with Crippen LogP contribution in [0.3, 0.4) is 0 Å². The van der Waals surface area contributed by atoms with Gasteiger partial charge < -0.3 is 10.4 Å². The van der Waals surface area contributed by atoms with Crippen LogP contribution in [0.15, 0.2) is 36.5 Å². The third-order valence-electron chi connectivity index (χ3n) is 2.50. The van der Waals surface area contributed by atoms with Crippen molar-refractivity contribution in [3.05, 3.63) is 57.8 Å². The van der Waals surface area contributed by atoms with Crippen LogP contribution in [0.1, 0.15) is 16.1 Å². The number of halogens is 2. The molecule has 0 aliphatic heterocycles. The molecule has 21 heavy (non-hydrogen) atoms. The largest absolute Gasteiger partial charge is 0.384 e. The molecule has 0 fully saturated rings. The van der Waals surface area contributed by atoms with E-state index in [2.05, 4.69) is 22.1 Å². The van der Waals surface area contributed by atoms with Crippen molar-refractivity contribution in [3.8, 4) is 11.8 Å². The minimum absolute atomic E-state index is 0.171. The lowest BCUT2D eigenvalue weighted by Crippen LogP contribution is -2.15. The first-order valence-electron chi connectivity index (χ1n) is 5.93. The summed E-state index contributed by atoms with van der Waals surface area (Å²) in [5.74, 6) is 4.75. The lowest BCUT2D eigenvalue weighted by Gasteiger charge is -2.07. The molecule has 0 spiro atoms. The molecule has 0 unspecified atom stereocenters. The number of amides is 1. The molecule has 0 atom stereocenters. The van der Waals surface area contributed by atoms with Crippen molar-refractivity contribution in [1.82, 2.24) is 4.98 Å². The summed E-state index contributed by atoms with van der Waals surface area (Å²) in [6.07, 6.45) is 1.49. The SMILES string of the molecule is O=C(Nc1ccc(Cl)c(Cl)c1)c1ncccc1C#CCO. The molecule has 4 nitrogen and oxygen atoms in total. The molecule has 0 radical (unpaired) electrons. The lowest BCUT2D eigenvalue weighted by atomic mass is 10.2. The molecule has 1 aromatic carbocycles. The number of aromatic nitrogens is 1. The minimum Gasteiger partial charge on any atom is -0.384 e. The molecule has 0 bridgehead atoms. The summed E-state index contributed by atoms with van der Waals surface area (Å²) in [7, 11) is 0. The van der Waals surface area contributed by atoms with E-state index < -0.39 is 5.91 Å². The summed E-state index contributed by atoms with van der Waals surface area (Å²) < 4.78 is 0. The molecule has 0 saturated carbocycles. The molecule has 6 heteroatoms. The highest BCUT2D eigenvalue weighted by molar-refractivity contribution is 6.42. The van der Waals surface area contributed by atoms with Gasteiger partial charge in [-0.25, -0.2) is 4.98 Å². The zero-order valence-electron chi connectivity index (χ0n) is 10.7. The maximum absolute atomic E-state index is 12.2. The van der Waals surface area contributed by atoms with Gasteiger partial charge in [0.2, 0.25) is 0 Å². The molecule has 1 aromatic heterocycles. The van der Waals surface area contributed by atoms with E-state index in [-0.39, 0.29) is 12.3 Å². The Balaban J connectivity index is 2.26. The fraction of sp³-hybridized carbons (Fsp3) is 0.0667. The number of aliphatic hydroxyl groups excluding tert-OH is 1. The third-order valence-corrected chi connectivity index (χ3v) is 3.24. The highest BCUT2D eigenvalue weighted by atomic mass is 35.5. The second-order valence-corrected chi connectivity index (χ2v) is 4.76. The van der Waals surface area contributed by atoms with Crippen LogP contribution in [0, 0.1) is 11.8 Å². The minimum atomic E-state index is -0.420. The van der Waals surface area contributed by atoms with Gasteiger partial charge in [-0.1, -0.05) is 35.0 Å². The second kappa shape index (κ2) is 7.09. The van der Waals surface area contributed by atoms with E-state index in [1.54, 1.807) is 30.3 Å². The van der Waals surface area contributed by atoms with E-state index in [0.29, 0.717) is 21.3 Å². The topological polar surface area (TPSA) is 62.2 Å². The number of anilines is 1. The highest BCUT2D eigenvalue weighted by Crippen LogP contribution is 2.25. The summed E-state index contributed by atoms with van der Waals surface area (Å²) in [6.45, 7) is -0.289. The first-order chi connectivity index (χ1) is 10.1. The number of aliphatic hydroxyl groups is 1. The predicted molar refractivity (Wildman–Crippen MR) is 82.6 cm³/mol. The average molecular weight is 321 g/mol. The van der Waals surface area contributed by atoms with Crippen molar-refractivity contribution in [1.29, 1.82) is 0 Å². The van der Waals surface area contributed by atoms with E-state index in [1.807, 2.05) is 0 Å². The van der Waals surface area contributed by atoms with Crippen LogP contribution in [0.4, 0.5) is 5.69 Å². The van der Waals surface area contributed by atoms with Crippen LogP contribution < -0.4 is 5.32 Å². The molecule has 2 rings (SSSR count). The molecular weight excluding hydrogens is 311 g/mol. The third kappa shape index (κ3) is 3.96. The van der Waals surface area contributed by atoms with Crippen molar-refractivity contribution in [2.24, 2.45) is 0 Å². The maximum atomic E-state index is 12.2. The van der Waals surface area contributed by atoms with Crippen LogP contribution in [0.2, 0.25) is 10.0 Å². The van der Waals surface area contributed by atoms with Crippen molar-refractivity contribution in [2.75, 3.05) is 11.9 Å². The zero-order valence-corrected chi connectivity index (χ0v) is 12.2. The Kier molecular flexibility index (Phi) is 5.18. The quantitative estimate of drug-likeness (QED) is 0.836. The summed E-state index contributed by atoms with van der Waals surface area (Å²) in [5.41, 5.74) is 1.11. The van der Waals surface area contributed by atoms with Gasteiger partial charge in [0.15, 0.2) is 0 Å². The predicted octanol–water partition coefficient (Wildman–Crippen LogP) is 2.98. The van der Waals surface area contributed by atoms with Crippen LogP contribution in [0.5, 0.6) is 0 Å². The maximum Gasteiger partial charge on any atom is 0.275 e. The van der Waals surface area contributed by atoms with Gasteiger partial charge in [0.25, 0.3) is 5.91 Å². The first kappa shape index (κ1) is 15.3. The van der Waals surface area contributed by atoms with Gasteiger partial charge in [-0.3, -0.25) is 4.79 Å². The van der Waals surface area contributed by atoms with E-state index in [9.17, 15) is 4.79 Å². The lowest BCUT2D eigenvalue weighted by molar-refractivity contribution is 0.102. The first-order valence-corrected chi connectivity index (χ1v) is 6.68. The van der Waals surface area contributed by atoms with Gasteiger partial charge in [0, 0.05) is 11.9 Å². The van der Waals surface area contributed by atoms with Crippen molar-refractivity contribution < 1.29 is 9.90 Å². The monoisotopic (exact) mass is 320 g/mol. The number of nitrogens with zero attached hydrogens (tertiary/aromatic N) is 1. The van der Waals surface area contributed by atoms with Crippen LogP contribution in [-0.2, 0) is 0 Å². The standard InChI is InChI=1S/C15H10Cl2N2O2/c16-12-6-5-11(9-13(12)17)19-15(21)14-10(4-2-8-20)3-1-7-18-14/h1,3,5-7,9,20H,8H2,(H,19,21). The zero-order chi connectivity index (χ0) is 15.2. The Morgan fingerprint density at radius 3 is 2.81 bits per heavy atom. The van der Waals surface area contributed by atoms with E-state index in [1.165, 1.54) is 6.20 Å². The molecule has 0 aliphatic carbocycles. The average Bonchev–Trinajstić information content (AvgIpc) is 2.49. The molecule has 0 saturated heterocycles. The summed E-state index contributed by atoms with van der Waals surface area (Å²) in [4.78, 5) is 16.2. The van der Waals surface area contributed by atoms with Gasteiger partial charge in [-0.05, 0) is 30.3 Å². The van der Waals surface area contributed by atoms with Crippen LogP contribution >= 0.6 is 23.2 Å². The summed E-state index contributed by atoms with van der Waals surface area (Å²) in [5, 5.41) is 12.1. The van der Waals surface area contributed by atoms with E-state index in [0.717, 1.165) is 0 Å². The fourth-order valence-electron chi connectivity index (χ4n) is 1.59. The Morgan fingerprint density at radius 2 is 2.10 bits per heavy atom. The van der Waals surface area contributed by atoms with Gasteiger partial charge in [-0.15, -0.1) is 0 Å². The number of rotatable bonds is 2. The van der Waals surface area contributed by atoms with E-state index >= 15 is 0 Å². The molecule has 106 valence electrons. The Morgan fingerprint density at radius 1 is 1.29 bits per heavy atom. The van der Waals surface area contributed by atoms with Crippen molar-refractivity contribution >= 4 is 34.8 Å². The number of hydrogen-bond donors (Lipinski definition) is 2. The molecule has 0 aliphatic rings. The molecule has 2 aromatic rings. The second-order valence-electron chi connectivity index (χ2n) is 3.94. The molecule has 1 amide bonds. The number of hydrogen-bond acceptors (Lipinski definition) is 3. The van der Waals surface area contributed by atoms with Gasteiger partial charge in [0.1, 0.15) is 12.3 Å². The van der Waals surface area contributed by atoms with Gasteiger partial charge in [0.05, 0.1) is 15.6 Å². The smallest absolute Gasteiger partial charge is 0.275 e. The number of nitrogens with one attached hydrogen (secondary N) is 1. The fourth-order valence-corrected chi connectivity index (χ4v) is 1.88. The molecular formula is C15H10Cl2N2O2. The Bertz CT molecular complexity index is 736. The molecule has 1 heterocycles. The number of pyridine rings is 1. The Labute approximate surface area is 131 Å². The summed E-state index contributed by atoms with van der Waals surface area (Å²) >= 11 is 11.7. The number of carbonyl (C=O) groups excluding carboxylic acids is 1. The number of carbonyl (C=O) groups is 1. The summed E-state index contributed by atoms with van der Waals surface area (Å²) in [6, 6.07) is 8.08.